The number of likely N-dealkylation sites (N-methyl/N-ethyl adjacent to an activating group) is 1. The maximum Gasteiger partial charge on any atom is 0.0473 e. The molecular formula is C14H29N3. The van der Waals surface area contributed by atoms with Crippen LogP contribution in [0.2, 0.25) is 0 Å². The Morgan fingerprint density at radius 1 is 1.12 bits per heavy atom. The van der Waals surface area contributed by atoms with E-state index in [1.807, 2.05) is 0 Å². The molecule has 2 heterocycles. The van der Waals surface area contributed by atoms with Gasteiger partial charge in [0, 0.05) is 24.7 Å². The molecule has 0 bridgehead atoms. The van der Waals surface area contributed by atoms with E-state index < -0.39 is 0 Å². The molecule has 2 aliphatic heterocycles. The van der Waals surface area contributed by atoms with Crippen LogP contribution in [0.3, 0.4) is 0 Å². The van der Waals surface area contributed by atoms with E-state index >= 15 is 0 Å². The fraction of sp³-hybridized carbons (Fsp3) is 1.00. The number of hydrogen-bond donors (Lipinski definition) is 1. The molecule has 0 amide bonds. The summed E-state index contributed by atoms with van der Waals surface area (Å²) in [6, 6.07) is 0.684. The van der Waals surface area contributed by atoms with Crippen LogP contribution in [0, 0.1) is 0 Å². The van der Waals surface area contributed by atoms with Gasteiger partial charge in [-0.3, -0.25) is 4.90 Å². The zero-order chi connectivity index (χ0) is 12.3. The molecule has 3 heteroatoms. The van der Waals surface area contributed by atoms with Crippen molar-refractivity contribution in [1.29, 1.82) is 0 Å². The van der Waals surface area contributed by atoms with Crippen LogP contribution in [0.1, 0.15) is 45.4 Å². The minimum atomic E-state index is 0.269. The van der Waals surface area contributed by atoms with E-state index in [0.29, 0.717) is 6.04 Å². The van der Waals surface area contributed by atoms with E-state index in [1.54, 1.807) is 0 Å². The number of nitrogens with zero attached hydrogens (tertiary/aromatic N) is 2. The molecule has 0 aromatic heterocycles. The van der Waals surface area contributed by atoms with Crippen LogP contribution in [-0.2, 0) is 0 Å². The average Bonchev–Trinajstić information content (AvgIpc) is 2.55. The minimum Gasteiger partial charge on any atom is -0.329 e. The molecule has 2 fully saturated rings. The Morgan fingerprint density at radius 3 is 2.18 bits per heavy atom. The normalized spacial score (nSPS) is 37.9. The van der Waals surface area contributed by atoms with Gasteiger partial charge in [0.25, 0.3) is 0 Å². The van der Waals surface area contributed by atoms with E-state index in [2.05, 4.69) is 23.8 Å². The van der Waals surface area contributed by atoms with Crippen LogP contribution in [0.4, 0.5) is 0 Å². The number of nitrogens with two attached hydrogens (primary N) is 1. The van der Waals surface area contributed by atoms with Crippen molar-refractivity contribution in [1.82, 2.24) is 9.80 Å². The van der Waals surface area contributed by atoms with Gasteiger partial charge in [-0.2, -0.15) is 0 Å². The summed E-state index contributed by atoms with van der Waals surface area (Å²) in [7, 11) is 2.24. The lowest BCUT2D eigenvalue weighted by Crippen LogP contribution is -2.56. The van der Waals surface area contributed by atoms with Crippen LogP contribution in [0.15, 0.2) is 0 Å². The summed E-state index contributed by atoms with van der Waals surface area (Å²) in [5.74, 6) is 0. The fourth-order valence-electron chi connectivity index (χ4n) is 3.62. The fourth-order valence-corrected chi connectivity index (χ4v) is 3.62. The zero-order valence-electron chi connectivity index (χ0n) is 11.6. The second kappa shape index (κ2) is 5.68. The summed E-state index contributed by atoms with van der Waals surface area (Å²) in [4.78, 5) is 5.19. The molecule has 3 nitrogen and oxygen atoms in total. The standard InChI is InChI=1S/C14H29N3/c1-13-10-14(11-15,12-16(13)2)17-8-6-4-3-5-7-9-17/h13H,3-12,15H2,1-2H3. The highest BCUT2D eigenvalue weighted by Gasteiger charge is 2.43. The van der Waals surface area contributed by atoms with Crippen molar-refractivity contribution in [3.8, 4) is 0 Å². The molecule has 0 aliphatic carbocycles. The number of likely N-dealkylation sites (tertiary alicyclic amines) is 2. The highest BCUT2D eigenvalue weighted by molar-refractivity contribution is 5.02. The highest BCUT2D eigenvalue weighted by atomic mass is 15.3. The predicted octanol–water partition coefficient (Wildman–Crippen LogP) is 1.67. The summed E-state index contributed by atoms with van der Waals surface area (Å²) >= 11 is 0. The second-order valence-corrected chi connectivity index (χ2v) is 6.15. The van der Waals surface area contributed by atoms with E-state index in [-0.39, 0.29) is 5.54 Å². The van der Waals surface area contributed by atoms with Gasteiger partial charge in [-0.1, -0.05) is 19.3 Å². The van der Waals surface area contributed by atoms with Gasteiger partial charge in [0.05, 0.1) is 0 Å². The third-order valence-corrected chi connectivity index (χ3v) is 4.88. The van der Waals surface area contributed by atoms with Crippen LogP contribution < -0.4 is 5.73 Å². The van der Waals surface area contributed by atoms with Gasteiger partial charge in [0.2, 0.25) is 0 Å². The Balaban J connectivity index is 2.05. The summed E-state index contributed by atoms with van der Waals surface area (Å²) < 4.78 is 0. The Bertz CT molecular complexity index is 224. The molecule has 2 aliphatic rings. The van der Waals surface area contributed by atoms with Crippen LogP contribution in [0.5, 0.6) is 0 Å². The average molecular weight is 239 g/mol. The molecule has 2 atom stereocenters. The quantitative estimate of drug-likeness (QED) is 0.796. The topological polar surface area (TPSA) is 32.5 Å². The monoisotopic (exact) mass is 239 g/mol. The lowest BCUT2D eigenvalue weighted by molar-refractivity contribution is 0.0913. The number of rotatable bonds is 2. The summed E-state index contributed by atoms with van der Waals surface area (Å²) in [6.45, 7) is 6.84. The van der Waals surface area contributed by atoms with Crippen molar-refractivity contribution in [3.63, 3.8) is 0 Å². The van der Waals surface area contributed by atoms with Crippen LogP contribution >= 0.6 is 0 Å². The Labute approximate surface area is 106 Å². The molecule has 0 saturated carbocycles. The maximum absolute atomic E-state index is 6.15. The largest absolute Gasteiger partial charge is 0.329 e. The lowest BCUT2D eigenvalue weighted by Gasteiger charge is -2.41. The molecule has 2 unspecified atom stereocenters. The molecule has 0 radical (unpaired) electrons. The van der Waals surface area contributed by atoms with Gasteiger partial charge in [-0.25, -0.2) is 0 Å². The zero-order valence-corrected chi connectivity index (χ0v) is 11.6. The first kappa shape index (κ1) is 13.3. The number of hydrogen-bond acceptors (Lipinski definition) is 3. The van der Waals surface area contributed by atoms with Crippen molar-refractivity contribution in [2.45, 2.75) is 57.0 Å². The van der Waals surface area contributed by atoms with E-state index in [4.69, 9.17) is 5.73 Å². The van der Waals surface area contributed by atoms with Gasteiger partial charge in [-0.15, -0.1) is 0 Å². The molecule has 17 heavy (non-hydrogen) atoms. The molecule has 0 aromatic carbocycles. The summed E-state index contributed by atoms with van der Waals surface area (Å²) in [5, 5.41) is 0. The Morgan fingerprint density at radius 2 is 1.71 bits per heavy atom. The van der Waals surface area contributed by atoms with Gasteiger partial charge >= 0.3 is 0 Å². The van der Waals surface area contributed by atoms with Gasteiger partial charge in [0.15, 0.2) is 0 Å². The van der Waals surface area contributed by atoms with Gasteiger partial charge in [-0.05, 0) is 46.3 Å². The van der Waals surface area contributed by atoms with Crippen LogP contribution in [-0.4, -0.2) is 54.6 Å². The minimum absolute atomic E-state index is 0.269. The van der Waals surface area contributed by atoms with E-state index in [1.165, 1.54) is 51.6 Å². The first-order valence-electron chi connectivity index (χ1n) is 7.33. The van der Waals surface area contributed by atoms with Crippen molar-refractivity contribution >= 4 is 0 Å². The molecule has 2 rings (SSSR count). The van der Waals surface area contributed by atoms with Crippen molar-refractivity contribution in [2.24, 2.45) is 5.73 Å². The first-order valence-corrected chi connectivity index (χ1v) is 7.33. The van der Waals surface area contributed by atoms with Crippen molar-refractivity contribution in [3.05, 3.63) is 0 Å². The predicted molar refractivity (Wildman–Crippen MR) is 73.2 cm³/mol. The van der Waals surface area contributed by atoms with Crippen molar-refractivity contribution < 1.29 is 0 Å². The van der Waals surface area contributed by atoms with E-state index in [9.17, 15) is 0 Å². The van der Waals surface area contributed by atoms with Crippen molar-refractivity contribution in [2.75, 3.05) is 33.2 Å². The van der Waals surface area contributed by atoms with E-state index in [0.717, 1.165) is 13.1 Å². The van der Waals surface area contributed by atoms with Gasteiger partial charge in [0.1, 0.15) is 0 Å². The lowest BCUT2D eigenvalue weighted by atomic mass is 9.92. The molecule has 2 saturated heterocycles. The maximum atomic E-state index is 6.15. The molecule has 2 N–H and O–H groups in total. The molecule has 0 spiro atoms. The Hall–Kier alpha value is -0.120. The molecule has 100 valence electrons. The van der Waals surface area contributed by atoms with Crippen LogP contribution in [0.25, 0.3) is 0 Å². The molecular weight excluding hydrogens is 210 g/mol. The summed E-state index contributed by atoms with van der Waals surface area (Å²) in [6.07, 6.45) is 8.21. The third kappa shape index (κ3) is 2.83. The highest BCUT2D eigenvalue weighted by Crippen LogP contribution is 2.32. The summed E-state index contributed by atoms with van der Waals surface area (Å²) in [5.41, 5.74) is 6.42. The first-order chi connectivity index (χ1) is 8.18. The Kier molecular flexibility index (Phi) is 4.45. The SMILES string of the molecule is CC1CC(CN)(N2CCCCCCC2)CN1C. The molecule has 0 aromatic rings. The third-order valence-electron chi connectivity index (χ3n) is 4.88. The second-order valence-electron chi connectivity index (χ2n) is 6.15. The smallest absolute Gasteiger partial charge is 0.0473 e. The van der Waals surface area contributed by atoms with Gasteiger partial charge < -0.3 is 10.6 Å².